The van der Waals surface area contributed by atoms with E-state index >= 15 is 0 Å². The van der Waals surface area contributed by atoms with Crippen LogP contribution in [-0.2, 0) is 4.79 Å². The van der Waals surface area contributed by atoms with Crippen LogP contribution in [0, 0.1) is 11.6 Å². The van der Waals surface area contributed by atoms with Gasteiger partial charge in [-0.2, -0.15) is 4.39 Å². The van der Waals surface area contributed by atoms with E-state index in [1.165, 1.54) is 6.07 Å². The highest BCUT2D eigenvalue weighted by Gasteiger charge is 2.14. The summed E-state index contributed by atoms with van der Waals surface area (Å²) in [4.78, 5) is 10.9. The molecule has 1 atom stereocenters. The Hall–Kier alpha value is -1.21. The second-order valence-electron chi connectivity index (χ2n) is 3.73. The van der Waals surface area contributed by atoms with Crippen LogP contribution in [0.2, 0.25) is 0 Å². The lowest BCUT2D eigenvalue weighted by Gasteiger charge is -2.15. The molecule has 0 aliphatic heterocycles. The van der Waals surface area contributed by atoms with Gasteiger partial charge in [0.15, 0.2) is 11.6 Å². The molecule has 0 saturated carbocycles. The average Bonchev–Trinajstić information content (AvgIpc) is 2.32. The van der Waals surface area contributed by atoms with Crippen LogP contribution < -0.4 is 16.0 Å². The molecule has 1 aromatic rings. The highest BCUT2D eigenvalue weighted by Crippen LogP contribution is 2.26. The fourth-order valence-corrected chi connectivity index (χ4v) is 1.71. The summed E-state index contributed by atoms with van der Waals surface area (Å²) < 4.78 is 32.1. The third kappa shape index (κ3) is 4.23. The van der Waals surface area contributed by atoms with Crippen molar-refractivity contribution in [2.24, 2.45) is 5.84 Å². The summed E-state index contributed by atoms with van der Waals surface area (Å²) in [5.74, 6) is 2.34. The Bertz CT molecular complexity index is 443. The van der Waals surface area contributed by atoms with Crippen molar-refractivity contribution in [2.45, 2.75) is 25.9 Å². The van der Waals surface area contributed by atoms with Crippen LogP contribution in [0.15, 0.2) is 16.6 Å². The standard InChI is InChI=1S/C11H13BrF2N2O2/c1-6(2-3-10(17)16-15)18-9-5-7(12)4-8(13)11(9)14/h4-6H,2-3,15H2,1H3,(H,16,17). The molecule has 7 heteroatoms. The summed E-state index contributed by atoms with van der Waals surface area (Å²) in [7, 11) is 0. The number of amides is 1. The molecule has 4 nitrogen and oxygen atoms in total. The number of nitrogens with one attached hydrogen (secondary N) is 1. The molecule has 0 aliphatic carbocycles. The van der Waals surface area contributed by atoms with Crippen LogP contribution in [0.1, 0.15) is 19.8 Å². The topological polar surface area (TPSA) is 64.4 Å². The van der Waals surface area contributed by atoms with E-state index in [9.17, 15) is 13.6 Å². The molecular weight excluding hydrogens is 310 g/mol. The highest BCUT2D eigenvalue weighted by atomic mass is 79.9. The summed E-state index contributed by atoms with van der Waals surface area (Å²) in [6.07, 6.45) is 0.0531. The van der Waals surface area contributed by atoms with Gasteiger partial charge in [-0.1, -0.05) is 15.9 Å². The van der Waals surface area contributed by atoms with Gasteiger partial charge in [0.05, 0.1) is 6.10 Å². The molecule has 0 heterocycles. The van der Waals surface area contributed by atoms with Crippen LogP contribution in [0.3, 0.4) is 0 Å². The first-order valence-corrected chi connectivity index (χ1v) is 6.04. The summed E-state index contributed by atoms with van der Waals surface area (Å²) in [6.45, 7) is 1.65. The van der Waals surface area contributed by atoms with Crippen molar-refractivity contribution >= 4 is 21.8 Å². The minimum absolute atomic E-state index is 0.149. The van der Waals surface area contributed by atoms with Crippen molar-refractivity contribution < 1.29 is 18.3 Å². The number of halogens is 3. The predicted octanol–water partition coefficient (Wildman–Crippen LogP) is 2.26. The van der Waals surface area contributed by atoms with Crippen molar-refractivity contribution in [3.63, 3.8) is 0 Å². The SMILES string of the molecule is CC(CCC(=O)NN)Oc1cc(Br)cc(F)c1F. The van der Waals surface area contributed by atoms with Crippen LogP contribution >= 0.6 is 15.9 Å². The zero-order chi connectivity index (χ0) is 13.7. The lowest BCUT2D eigenvalue weighted by Crippen LogP contribution is -2.30. The lowest BCUT2D eigenvalue weighted by atomic mass is 10.2. The van der Waals surface area contributed by atoms with Crippen molar-refractivity contribution in [1.29, 1.82) is 0 Å². The van der Waals surface area contributed by atoms with E-state index in [1.807, 2.05) is 5.43 Å². The zero-order valence-corrected chi connectivity index (χ0v) is 11.3. The molecule has 1 unspecified atom stereocenters. The van der Waals surface area contributed by atoms with Gasteiger partial charge in [-0.3, -0.25) is 10.2 Å². The third-order valence-electron chi connectivity index (χ3n) is 2.23. The quantitative estimate of drug-likeness (QED) is 0.378. The minimum atomic E-state index is -1.05. The molecule has 1 rings (SSSR count). The smallest absolute Gasteiger partial charge is 0.234 e. The van der Waals surface area contributed by atoms with Gasteiger partial charge in [-0.05, 0) is 25.5 Å². The van der Waals surface area contributed by atoms with Crippen molar-refractivity contribution in [3.8, 4) is 5.75 Å². The average molecular weight is 323 g/mol. The zero-order valence-electron chi connectivity index (χ0n) is 9.67. The summed E-state index contributed by atoms with van der Waals surface area (Å²) >= 11 is 3.04. The van der Waals surface area contributed by atoms with E-state index in [-0.39, 0.29) is 18.1 Å². The van der Waals surface area contributed by atoms with E-state index in [0.29, 0.717) is 10.9 Å². The first-order chi connectivity index (χ1) is 8.43. The number of hydrogen-bond acceptors (Lipinski definition) is 3. The van der Waals surface area contributed by atoms with E-state index in [0.717, 1.165) is 6.07 Å². The molecular formula is C11H13BrF2N2O2. The Balaban J connectivity index is 2.64. The molecule has 100 valence electrons. The number of benzene rings is 1. The molecule has 1 aromatic carbocycles. The Morgan fingerprint density at radius 1 is 1.56 bits per heavy atom. The number of carbonyl (C=O) groups is 1. The monoisotopic (exact) mass is 322 g/mol. The highest BCUT2D eigenvalue weighted by molar-refractivity contribution is 9.10. The van der Waals surface area contributed by atoms with E-state index in [4.69, 9.17) is 10.6 Å². The normalized spacial score (nSPS) is 12.1. The van der Waals surface area contributed by atoms with Gasteiger partial charge >= 0.3 is 0 Å². The Kier molecular flexibility index (Phi) is 5.49. The van der Waals surface area contributed by atoms with Crippen molar-refractivity contribution in [2.75, 3.05) is 0 Å². The van der Waals surface area contributed by atoms with Crippen molar-refractivity contribution in [3.05, 3.63) is 28.2 Å². The molecule has 0 bridgehead atoms. The molecule has 3 N–H and O–H groups in total. The Morgan fingerprint density at radius 3 is 2.83 bits per heavy atom. The van der Waals surface area contributed by atoms with Crippen LogP contribution in [0.4, 0.5) is 8.78 Å². The second-order valence-corrected chi connectivity index (χ2v) is 4.65. The second kappa shape index (κ2) is 6.65. The molecule has 0 aliphatic rings. The Labute approximate surface area is 112 Å². The molecule has 0 saturated heterocycles. The van der Waals surface area contributed by atoms with Crippen LogP contribution in [0.5, 0.6) is 5.75 Å². The first kappa shape index (κ1) is 14.8. The third-order valence-corrected chi connectivity index (χ3v) is 2.68. The summed E-state index contributed by atoms with van der Waals surface area (Å²) in [6, 6.07) is 2.34. The maximum absolute atomic E-state index is 13.4. The molecule has 1 amide bonds. The van der Waals surface area contributed by atoms with Gasteiger partial charge in [0.2, 0.25) is 11.7 Å². The largest absolute Gasteiger partial charge is 0.487 e. The minimum Gasteiger partial charge on any atom is -0.487 e. The molecule has 0 aromatic heterocycles. The number of hydrogen-bond donors (Lipinski definition) is 2. The van der Waals surface area contributed by atoms with Gasteiger partial charge in [0.1, 0.15) is 0 Å². The molecule has 0 radical (unpaired) electrons. The number of ether oxygens (including phenoxy) is 1. The van der Waals surface area contributed by atoms with Gasteiger partial charge < -0.3 is 4.74 Å². The maximum Gasteiger partial charge on any atom is 0.234 e. The molecule has 0 spiro atoms. The van der Waals surface area contributed by atoms with E-state index in [1.54, 1.807) is 6.92 Å². The van der Waals surface area contributed by atoms with Crippen LogP contribution in [-0.4, -0.2) is 12.0 Å². The fraction of sp³-hybridized carbons (Fsp3) is 0.364. The van der Waals surface area contributed by atoms with Gasteiger partial charge in [0, 0.05) is 10.9 Å². The lowest BCUT2D eigenvalue weighted by molar-refractivity contribution is -0.121. The maximum atomic E-state index is 13.4. The van der Waals surface area contributed by atoms with E-state index < -0.39 is 17.7 Å². The van der Waals surface area contributed by atoms with Gasteiger partial charge in [-0.15, -0.1) is 0 Å². The van der Waals surface area contributed by atoms with Gasteiger partial charge in [0.25, 0.3) is 0 Å². The molecule has 0 fully saturated rings. The first-order valence-electron chi connectivity index (χ1n) is 5.24. The fourth-order valence-electron chi connectivity index (χ4n) is 1.30. The molecule has 18 heavy (non-hydrogen) atoms. The van der Waals surface area contributed by atoms with Crippen LogP contribution in [0.25, 0.3) is 0 Å². The predicted molar refractivity (Wildman–Crippen MR) is 65.7 cm³/mol. The Morgan fingerprint density at radius 2 is 2.22 bits per heavy atom. The summed E-state index contributed by atoms with van der Waals surface area (Å²) in [5, 5.41) is 0. The number of rotatable bonds is 5. The summed E-state index contributed by atoms with van der Waals surface area (Å²) in [5.41, 5.74) is 1.98. The van der Waals surface area contributed by atoms with Crippen molar-refractivity contribution in [1.82, 2.24) is 5.43 Å². The number of carbonyl (C=O) groups excluding carboxylic acids is 1. The number of nitrogens with two attached hydrogens (primary N) is 1. The van der Waals surface area contributed by atoms with E-state index in [2.05, 4.69) is 15.9 Å². The van der Waals surface area contributed by atoms with Gasteiger partial charge in [-0.25, -0.2) is 10.2 Å². The number of hydrazine groups is 1.